The van der Waals surface area contributed by atoms with Gasteiger partial charge in [0, 0.05) is 32.5 Å². The molecule has 30 heavy (non-hydrogen) atoms. The van der Waals surface area contributed by atoms with Crippen LogP contribution in [0.2, 0.25) is 5.02 Å². The number of rotatable bonds is 4. The van der Waals surface area contributed by atoms with Gasteiger partial charge in [-0.3, -0.25) is 14.9 Å². The summed E-state index contributed by atoms with van der Waals surface area (Å²) in [5.41, 5.74) is -1.67. The molecule has 1 N–H and O–H groups in total. The first-order valence-electron chi connectivity index (χ1n) is 9.86. The molecule has 1 aromatic carbocycles. The van der Waals surface area contributed by atoms with Crippen LogP contribution < -0.4 is 5.32 Å². The monoisotopic (exact) mass is 443 g/mol. The van der Waals surface area contributed by atoms with Crippen LogP contribution >= 0.6 is 11.6 Å². The van der Waals surface area contributed by atoms with Crippen LogP contribution in [0, 0.1) is 5.92 Å². The van der Waals surface area contributed by atoms with Crippen molar-refractivity contribution < 1.29 is 22.8 Å². The van der Waals surface area contributed by atoms with Gasteiger partial charge >= 0.3 is 6.18 Å². The molecule has 5 nitrogen and oxygen atoms in total. The van der Waals surface area contributed by atoms with Crippen molar-refractivity contribution in [1.29, 1.82) is 0 Å². The molecule has 2 aliphatic rings. The average Bonchev–Trinajstić information content (AvgIpc) is 2.94. The number of piperidine rings is 1. The molecule has 2 fully saturated rings. The maximum atomic E-state index is 13.0. The molecule has 0 aromatic heterocycles. The van der Waals surface area contributed by atoms with Gasteiger partial charge in [0.05, 0.1) is 27.9 Å². The van der Waals surface area contributed by atoms with Crippen LogP contribution in [0.1, 0.15) is 42.6 Å². The van der Waals surface area contributed by atoms with Crippen LogP contribution in [-0.2, 0) is 11.0 Å². The van der Waals surface area contributed by atoms with Gasteiger partial charge in [-0.1, -0.05) is 31.5 Å². The quantitative estimate of drug-likeness (QED) is 0.717. The van der Waals surface area contributed by atoms with Gasteiger partial charge in [0.25, 0.3) is 5.91 Å². The Bertz CT molecular complexity index is 848. The normalized spacial score (nSPS) is 21.6. The molecule has 2 heterocycles. The number of halogens is 4. The van der Waals surface area contributed by atoms with Crippen LogP contribution in [0.3, 0.4) is 0 Å². The smallest absolute Gasteiger partial charge is 0.338 e. The summed E-state index contributed by atoms with van der Waals surface area (Å²) >= 11 is 6.03. The predicted molar refractivity (Wildman–Crippen MR) is 108 cm³/mol. The van der Waals surface area contributed by atoms with Gasteiger partial charge in [0.15, 0.2) is 0 Å². The van der Waals surface area contributed by atoms with Gasteiger partial charge < -0.3 is 9.80 Å². The highest BCUT2D eigenvalue weighted by atomic mass is 35.5. The van der Waals surface area contributed by atoms with Gasteiger partial charge in [-0.05, 0) is 24.1 Å². The second kappa shape index (κ2) is 8.23. The molecule has 0 aliphatic carbocycles. The van der Waals surface area contributed by atoms with Crippen molar-refractivity contribution in [3.05, 3.63) is 47.0 Å². The number of amides is 2. The number of benzene rings is 1. The molecular formula is C21H25ClF3N3O2. The van der Waals surface area contributed by atoms with Gasteiger partial charge in [-0.25, -0.2) is 0 Å². The summed E-state index contributed by atoms with van der Waals surface area (Å²) in [6.07, 6.45) is -1.95. The van der Waals surface area contributed by atoms with Crippen molar-refractivity contribution >= 4 is 23.4 Å². The van der Waals surface area contributed by atoms with E-state index in [1.54, 1.807) is 11.0 Å². The number of carbonyl (C=O) groups excluding carboxylic acids is 2. The van der Waals surface area contributed by atoms with E-state index in [-0.39, 0.29) is 28.5 Å². The fourth-order valence-electron chi connectivity index (χ4n) is 4.18. The molecule has 9 heteroatoms. The number of nitrogens with zero attached hydrogens (tertiary/aromatic N) is 2. The Morgan fingerprint density at radius 3 is 2.53 bits per heavy atom. The van der Waals surface area contributed by atoms with Gasteiger partial charge in [-0.2, -0.15) is 13.2 Å². The molecule has 2 aliphatic heterocycles. The third kappa shape index (κ3) is 4.07. The minimum atomic E-state index is -4.56. The first-order chi connectivity index (χ1) is 14.0. The summed E-state index contributed by atoms with van der Waals surface area (Å²) in [6.45, 7) is 8.65. The van der Waals surface area contributed by atoms with E-state index in [1.807, 2.05) is 13.8 Å². The lowest BCUT2D eigenvalue weighted by atomic mass is 9.95. The van der Waals surface area contributed by atoms with Crippen molar-refractivity contribution in [2.24, 2.45) is 5.92 Å². The highest BCUT2D eigenvalue weighted by molar-refractivity contribution is 6.33. The molecule has 0 saturated carbocycles. The van der Waals surface area contributed by atoms with Crippen molar-refractivity contribution in [1.82, 2.24) is 15.1 Å². The van der Waals surface area contributed by atoms with E-state index in [4.69, 9.17) is 11.6 Å². The first kappa shape index (κ1) is 22.6. The summed E-state index contributed by atoms with van der Waals surface area (Å²) in [5, 5.41) is 3.43. The molecule has 2 saturated heterocycles. The Morgan fingerprint density at radius 2 is 2.00 bits per heavy atom. The highest BCUT2D eigenvalue weighted by Crippen LogP contribution is 2.36. The number of carbonyl (C=O) groups is 2. The SMILES string of the molecule is C=CCN1C(=O)C(C(C)C)NC12CCN(C(=O)c1cc(C(F)(F)F)ccc1Cl)CC2. The Kier molecular flexibility index (Phi) is 6.20. The number of likely N-dealkylation sites (tertiary alicyclic amines) is 1. The third-order valence-corrected chi connectivity index (χ3v) is 6.18. The van der Waals surface area contributed by atoms with E-state index in [2.05, 4.69) is 11.9 Å². The van der Waals surface area contributed by atoms with E-state index in [1.165, 1.54) is 4.90 Å². The van der Waals surface area contributed by atoms with Gasteiger partial charge in [0.2, 0.25) is 5.91 Å². The van der Waals surface area contributed by atoms with E-state index >= 15 is 0 Å². The Hall–Kier alpha value is -2.06. The standard InChI is InChI=1S/C21H25ClF3N3O2/c1-4-9-28-19(30)17(13(2)3)26-20(28)7-10-27(11-8-20)18(29)15-12-14(21(23,24)25)5-6-16(15)22/h4-6,12-13,17,26H,1,7-11H2,2-3H3. The maximum Gasteiger partial charge on any atom is 0.416 e. The molecule has 0 bridgehead atoms. The zero-order valence-electron chi connectivity index (χ0n) is 16.9. The third-order valence-electron chi connectivity index (χ3n) is 5.85. The fourth-order valence-corrected chi connectivity index (χ4v) is 4.38. The number of nitrogens with one attached hydrogen (secondary N) is 1. The lowest BCUT2D eigenvalue weighted by Crippen LogP contribution is -2.59. The van der Waals surface area contributed by atoms with Crippen molar-refractivity contribution in [2.45, 2.75) is 44.6 Å². The van der Waals surface area contributed by atoms with Crippen LogP contribution in [0.5, 0.6) is 0 Å². The predicted octanol–water partition coefficient (Wildman–Crippen LogP) is 3.93. The topological polar surface area (TPSA) is 52.7 Å². The zero-order chi connectivity index (χ0) is 22.3. The summed E-state index contributed by atoms with van der Waals surface area (Å²) in [7, 11) is 0. The molecule has 3 rings (SSSR count). The lowest BCUT2D eigenvalue weighted by Gasteiger charge is -2.44. The summed E-state index contributed by atoms with van der Waals surface area (Å²) in [4.78, 5) is 29.0. The van der Waals surface area contributed by atoms with Crippen LogP contribution in [0.15, 0.2) is 30.9 Å². The first-order valence-corrected chi connectivity index (χ1v) is 10.2. The van der Waals surface area contributed by atoms with E-state index in [0.29, 0.717) is 32.5 Å². The molecular weight excluding hydrogens is 419 g/mol. The largest absolute Gasteiger partial charge is 0.416 e. The highest BCUT2D eigenvalue weighted by Gasteiger charge is 2.52. The Labute approximate surface area is 178 Å². The Morgan fingerprint density at radius 1 is 1.37 bits per heavy atom. The van der Waals surface area contributed by atoms with Gasteiger partial charge in [0.1, 0.15) is 0 Å². The minimum Gasteiger partial charge on any atom is -0.338 e. The number of alkyl halides is 3. The average molecular weight is 444 g/mol. The molecule has 2 amide bonds. The van der Waals surface area contributed by atoms with Crippen LogP contribution in [-0.4, -0.2) is 53.0 Å². The molecule has 1 atom stereocenters. The van der Waals surface area contributed by atoms with Crippen molar-refractivity contribution in [2.75, 3.05) is 19.6 Å². The molecule has 0 radical (unpaired) electrons. The molecule has 1 spiro atoms. The minimum absolute atomic E-state index is 0.00518. The zero-order valence-corrected chi connectivity index (χ0v) is 17.7. The summed E-state index contributed by atoms with van der Waals surface area (Å²) in [6, 6.07) is 2.44. The van der Waals surface area contributed by atoms with Crippen LogP contribution in [0.25, 0.3) is 0 Å². The number of hydrogen-bond donors (Lipinski definition) is 1. The van der Waals surface area contributed by atoms with Crippen molar-refractivity contribution in [3.63, 3.8) is 0 Å². The lowest BCUT2D eigenvalue weighted by molar-refractivity contribution is -0.137. The van der Waals surface area contributed by atoms with Crippen LogP contribution in [0.4, 0.5) is 13.2 Å². The van der Waals surface area contributed by atoms with E-state index < -0.39 is 23.3 Å². The molecule has 164 valence electrons. The Balaban J connectivity index is 1.79. The molecule has 1 unspecified atom stereocenters. The second-order valence-corrected chi connectivity index (χ2v) is 8.53. The van der Waals surface area contributed by atoms with E-state index in [9.17, 15) is 22.8 Å². The maximum absolute atomic E-state index is 13.0. The number of hydrogen-bond acceptors (Lipinski definition) is 3. The van der Waals surface area contributed by atoms with Gasteiger partial charge in [-0.15, -0.1) is 6.58 Å². The van der Waals surface area contributed by atoms with E-state index in [0.717, 1.165) is 18.2 Å². The fraction of sp³-hybridized carbons (Fsp3) is 0.524. The molecule has 1 aromatic rings. The summed E-state index contributed by atoms with van der Waals surface area (Å²) in [5.74, 6) is -0.431. The second-order valence-electron chi connectivity index (χ2n) is 8.12. The summed E-state index contributed by atoms with van der Waals surface area (Å²) < 4.78 is 39.1. The van der Waals surface area contributed by atoms with Crippen molar-refractivity contribution in [3.8, 4) is 0 Å².